The van der Waals surface area contributed by atoms with E-state index in [9.17, 15) is 9.59 Å². The number of ether oxygens (including phenoxy) is 3. The molecule has 19 heavy (non-hydrogen) atoms. The summed E-state index contributed by atoms with van der Waals surface area (Å²) >= 11 is 0. The summed E-state index contributed by atoms with van der Waals surface area (Å²) in [4.78, 5) is 22.0. The van der Waals surface area contributed by atoms with E-state index < -0.39 is 18.4 Å². The Labute approximate surface area is 111 Å². The van der Waals surface area contributed by atoms with Crippen LogP contribution >= 0.6 is 0 Å². The molecule has 2 atom stereocenters. The Morgan fingerprint density at radius 2 is 2.21 bits per heavy atom. The van der Waals surface area contributed by atoms with Gasteiger partial charge in [-0.1, -0.05) is 18.2 Å². The smallest absolute Gasteiger partial charge is 0.469 e. The van der Waals surface area contributed by atoms with E-state index in [1.807, 2.05) is 0 Å². The highest BCUT2D eigenvalue weighted by Crippen LogP contribution is 2.21. The first-order valence-electron chi connectivity index (χ1n) is 6.05. The van der Waals surface area contributed by atoms with Gasteiger partial charge < -0.3 is 19.3 Å². The van der Waals surface area contributed by atoms with E-state index in [1.54, 1.807) is 24.3 Å². The van der Waals surface area contributed by atoms with Crippen molar-refractivity contribution in [3.63, 3.8) is 0 Å². The zero-order valence-electron chi connectivity index (χ0n) is 10.8. The van der Waals surface area contributed by atoms with Crippen molar-refractivity contribution >= 4 is 12.1 Å². The Morgan fingerprint density at radius 1 is 1.42 bits per heavy atom. The molecule has 1 N–H and O–H groups in total. The maximum atomic E-state index is 11.1. The summed E-state index contributed by atoms with van der Waals surface area (Å²) in [6.07, 6.45) is 6.37. The lowest BCUT2D eigenvalue weighted by Crippen LogP contribution is -2.20. The first-order valence-corrected chi connectivity index (χ1v) is 6.05. The van der Waals surface area contributed by atoms with Gasteiger partial charge in [0.2, 0.25) is 0 Å². The second-order valence-electron chi connectivity index (χ2n) is 3.95. The van der Waals surface area contributed by atoms with Gasteiger partial charge in [-0.15, -0.1) is 0 Å². The third kappa shape index (κ3) is 5.56. The zero-order valence-corrected chi connectivity index (χ0v) is 10.8. The fourth-order valence-electron chi connectivity index (χ4n) is 1.65. The fraction of sp³-hybridized carbons (Fsp3) is 0.538. The number of cyclic esters (lactones) is 2. The molecule has 0 amide bonds. The molecule has 0 bridgehead atoms. The van der Waals surface area contributed by atoms with Crippen LogP contribution in [0.3, 0.4) is 0 Å². The largest absolute Gasteiger partial charge is 0.509 e. The topological polar surface area (TPSA) is 82.1 Å². The molecular weight excluding hydrogens is 252 g/mol. The van der Waals surface area contributed by atoms with E-state index in [4.69, 9.17) is 14.6 Å². The first kappa shape index (κ1) is 15.2. The van der Waals surface area contributed by atoms with Crippen molar-refractivity contribution in [3.05, 3.63) is 24.3 Å². The summed E-state index contributed by atoms with van der Waals surface area (Å²) in [7, 11) is 1.33. The number of hydrogen-bond acceptors (Lipinski definition) is 6. The second kappa shape index (κ2) is 8.31. The lowest BCUT2D eigenvalue weighted by molar-refractivity contribution is -0.140. The molecule has 1 aliphatic rings. The van der Waals surface area contributed by atoms with Gasteiger partial charge in [0.25, 0.3) is 0 Å². The van der Waals surface area contributed by atoms with Crippen molar-refractivity contribution in [2.45, 2.75) is 31.5 Å². The predicted molar refractivity (Wildman–Crippen MR) is 66.4 cm³/mol. The molecule has 1 heterocycles. The Balaban J connectivity index is 2.41. The van der Waals surface area contributed by atoms with Gasteiger partial charge in [-0.25, -0.2) is 4.79 Å². The van der Waals surface area contributed by atoms with Crippen molar-refractivity contribution in [3.8, 4) is 0 Å². The van der Waals surface area contributed by atoms with Crippen molar-refractivity contribution in [2.75, 3.05) is 13.7 Å². The SMILES string of the molecule is COC(=O)CCC[C@@H]1OC(=O)O[C@@H]1/C=C/C=C/CO. The highest BCUT2D eigenvalue weighted by atomic mass is 16.8. The summed E-state index contributed by atoms with van der Waals surface area (Å²) in [6, 6.07) is 0. The van der Waals surface area contributed by atoms with Crippen molar-refractivity contribution in [1.82, 2.24) is 0 Å². The quantitative estimate of drug-likeness (QED) is 0.555. The summed E-state index contributed by atoms with van der Waals surface area (Å²) < 4.78 is 14.5. The Hall–Kier alpha value is -1.82. The van der Waals surface area contributed by atoms with Crippen LogP contribution < -0.4 is 0 Å². The lowest BCUT2D eigenvalue weighted by atomic mass is 10.1. The van der Waals surface area contributed by atoms with Crippen LogP contribution in [-0.4, -0.2) is 43.2 Å². The van der Waals surface area contributed by atoms with E-state index in [1.165, 1.54) is 7.11 Å². The molecule has 0 aliphatic carbocycles. The predicted octanol–water partition coefficient (Wildman–Crippen LogP) is 1.34. The summed E-state index contributed by atoms with van der Waals surface area (Å²) in [5.41, 5.74) is 0. The summed E-state index contributed by atoms with van der Waals surface area (Å²) in [5, 5.41) is 8.57. The van der Waals surface area contributed by atoms with Crippen LogP contribution in [0.15, 0.2) is 24.3 Å². The maximum Gasteiger partial charge on any atom is 0.509 e. The van der Waals surface area contributed by atoms with Crippen LogP contribution in [0.25, 0.3) is 0 Å². The second-order valence-corrected chi connectivity index (χ2v) is 3.95. The van der Waals surface area contributed by atoms with Gasteiger partial charge >= 0.3 is 12.1 Å². The van der Waals surface area contributed by atoms with E-state index in [0.29, 0.717) is 12.8 Å². The van der Waals surface area contributed by atoms with Gasteiger partial charge in [-0.2, -0.15) is 0 Å². The van der Waals surface area contributed by atoms with Crippen LogP contribution in [0.1, 0.15) is 19.3 Å². The number of aliphatic hydroxyl groups is 1. The molecule has 0 aromatic heterocycles. The fourth-order valence-corrected chi connectivity index (χ4v) is 1.65. The average Bonchev–Trinajstić information content (AvgIpc) is 2.75. The average molecular weight is 270 g/mol. The lowest BCUT2D eigenvalue weighted by Gasteiger charge is -2.11. The van der Waals surface area contributed by atoms with Gasteiger partial charge in [0, 0.05) is 6.42 Å². The van der Waals surface area contributed by atoms with Crippen LogP contribution in [0.2, 0.25) is 0 Å². The third-order valence-corrected chi connectivity index (χ3v) is 2.60. The number of carbonyl (C=O) groups is 2. The van der Waals surface area contributed by atoms with Gasteiger partial charge in [0.15, 0.2) is 6.10 Å². The Morgan fingerprint density at radius 3 is 2.89 bits per heavy atom. The molecule has 6 heteroatoms. The highest BCUT2D eigenvalue weighted by molar-refractivity contribution is 5.69. The molecule has 1 aliphatic heterocycles. The zero-order chi connectivity index (χ0) is 14.1. The van der Waals surface area contributed by atoms with Gasteiger partial charge in [-0.05, 0) is 18.9 Å². The molecule has 1 rings (SSSR count). The summed E-state index contributed by atoms with van der Waals surface area (Å²) in [6.45, 7) is -0.0478. The molecule has 0 radical (unpaired) electrons. The van der Waals surface area contributed by atoms with Gasteiger partial charge in [0.1, 0.15) is 6.10 Å². The molecule has 0 aromatic rings. The normalized spacial score (nSPS) is 22.7. The van der Waals surface area contributed by atoms with E-state index in [2.05, 4.69) is 4.74 Å². The number of carbonyl (C=O) groups excluding carboxylic acids is 2. The number of rotatable bonds is 7. The molecule has 0 saturated carbocycles. The van der Waals surface area contributed by atoms with Gasteiger partial charge in [-0.3, -0.25) is 4.79 Å². The summed E-state index contributed by atoms with van der Waals surface area (Å²) in [5.74, 6) is -0.289. The molecule has 0 unspecified atom stereocenters. The molecule has 6 nitrogen and oxygen atoms in total. The number of methoxy groups -OCH3 is 1. The Kier molecular flexibility index (Phi) is 6.67. The first-order chi connectivity index (χ1) is 9.17. The minimum atomic E-state index is -0.705. The molecule has 1 saturated heterocycles. The van der Waals surface area contributed by atoms with Gasteiger partial charge in [0.05, 0.1) is 13.7 Å². The van der Waals surface area contributed by atoms with E-state index >= 15 is 0 Å². The monoisotopic (exact) mass is 270 g/mol. The molecule has 0 spiro atoms. The number of aliphatic hydroxyl groups excluding tert-OH is 1. The standard InChI is InChI=1S/C13H18O6/c1-17-12(15)8-5-7-11-10(18-13(16)19-11)6-3-2-4-9-14/h2-4,6,10-11,14H,5,7-9H2,1H3/b4-2+,6-3+/t10-,11+/m1/s1. The van der Waals surface area contributed by atoms with Crippen molar-refractivity contribution in [2.24, 2.45) is 0 Å². The minimum Gasteiger partial charge on any atom is -0.469 e. The van der Waals surface area contributed by atoms with E-state index in [-0.39, 0.29) is 19.0 Å². The highest BCUT2D eigenvalue weighted by Gasteiger charge is 2.34. The number of esters is 1. The molecular formula is C13H18O6. The third-order valence-electron chi connectivity index (χ3n) is 2.60. The number of hydrogen-bond donors (Lipinski definition) is 1. The van der Waals surface area contributed by atoms with Crippen LogP contribution in [0, 0.1) is 0 Å². The number of allylic oxidation sites excluding steroid dienone is 2. The minimum absolute atomic E-state index is 0.0478. The molecule has 1 fully saturated rings. The maximum absolute atomic E-state index is 11.1. The Bertz CT molecular complexity index is 360. The van der Waals surface area contributed by atoms with Crippen LogP contribution in [0.5, 0.6) is 0 Å². The molecule has 0 aromatic carbocycles. The van der Waals surface area contributed by atoms with E-state index in [0.717, 1.165) is 0 Å². The molecule has 106 valence electrons. The van der Waals surface area contributed by atoms with Crippen molar-refractivity contribution in [1.29, 1.82) is 0 Å². The van der Waals surface area contributed by atoms with Crippen LogP contribution in [0.4, 0.5) is 4.79 Å². The van der Waals surface area contributed by atoms with Crippen LogP contribution in [-0.2, 0) is 19.0 Å². The van der Waals surface area contributed by atoms with Crippen molar-refractivity contribution < 1.29 is 28.9 Å².